The number of nitrogens with zero attached hydrogens (tertiary/aromatic N) is 2. The number of hydrogen-bond donors (Lipinski definition) is 0. The summed E-state index contributed by atoms with van der Waals surface area (Å²) < 4.78 is 0. The molecule has 1 saturated heterocycles. The van der Waals surface area contributed by atoms with Gasteiger partial charge in [-0.1, -0.05) is 12.1 Å². The molecule has 0 radical (unpaired) electrons. The highest BCUT2D eigenvalue weighted by molar-refractivity contribution is 6.20. The molecule has 16 heavy (non-hydrogen) atoms. The van der Waals surface area contributed by atoms with Crippen molar-refractivity contribution >= 4 is 11.8 Å². The van der Waals surface area contributed by atoms with Crippen LogP contribution in [0, 0.1) is 0 Å². The van der Waals surface area contributed by atoms with Gasteiger partial charge in [0.1, 0.15) is 0 Å². The summed E-state index contributed by atoms with van der Waals surface area (Å²) in [6.07, 6.45) is 2.10. The van der Waals surface area contributed by atoms with E-state index in [2.05, 4.69) is 0 Å². The molecule has 0 atom stereocenters. The van der Waals surface area contributed by atoms with Gasteiger partial charge in [-0.15, -0.1) is 0 Å². The van der Waals surface area contributed by atoms with Gasteiger partial charge in [-0.2, -0.15) is 0 Å². The van der Waals surface area contributed by atoms with Crippen LogP contribution in [0.5, 0.6) is 0 Å². The lowest BCUT2D eigenvalue weighted by Crippen LogP contribution is -2.44. The van der Waals surface area contributed by atoms with E-state index in [9.17, 15) is 9.59 Å². The quantitative estimate of drug-likeness (QED) is 0.664. The minimum Gasteiger partial charge on any atom is -0.267 e. The third-order valence-electron chi connectivity index (χ3n) is 3.14. The summed E-state index contributed by atoms with van der Waals surface area (Å²) in [4.78, 5) is 24.1. The number of carbonyl (C=O) groups is 2. The maximum Gasteiger partial charge on any atom is 0.276 e. The number of rotatable bonds is 1. The third kappa shape index (κ3) is 1.20. The van der Waals surface area contributed by atoms with Crippen LogP contribution in [0.3, 0.4) is 0 Å². The van der Waals surface area contributed by atoms with Crippen LogP contribution in [-0.4, -0.2) is 34.9 Å². The summed E-state index contributed by atoms with van der Waals surface area (Å²) >= 11 is 0. The first-order valence-corrected chi connectivity index (χ1v) is 5.52. The third-order valence-corrected chi connectivity index (χ3v) is 3.14. The Morgan fingerprint density at radius 2 is 1.38 bits per heavy atom. The normalized spacial score (nSPS) is 20.6. The highest BCUT2D eigenvalue weighted by atomic mass is 16.2. The summed E-state index contributed by atoms with van der Waals surface area (Å²) in [5, 5.41) is 3.16. The molecule has 0 spiro atoms. The van der Waals surface area contributed by atoms with Gasteiger partial charge in [-0.3, -0.25) is 9.59 Å². The van der Waals surface area contributed by atoms with Crippen molar-refractivity contribution in [2.24, 2.45) is 0 Å². The second-order valence-corrected chi connectivity index (χ2v) is 4.13. The first kappa shape index (κ1) is 9.54. The molecule has 3 rings (SSSR count). The van der Waals surface area contributed by atoms with Gasteiger partial charge in [0.15, 0.2) is 0 Å². The predicted octanol–water partition coefficient (Wildman–Crippen LogP) is 1.29. The second kappa shape index (κ2) is 3.42. The van der Waals surface area contributed by atoms with E-state index >= 15 is 0 Å². The van der Waals surface area contributed by atoms with Gasteiger partial charge in [-0.25, -0.2) is 10.0 Å². The van der Waals surface area contributed by atoms with Gasteiger partial charge in [0, 0.05) is 13.1 Å². The largest absolute Gasteiger partial charge is 0.276 e. The SMILES string of the molecule is O=C1c2ccccc2C(=O)N1N1CCCC1. The minimum atomic E-state index is -0.178. The van der Waals surface area contributed by atoms with E-state index in [-0.39, 0.29) is 11.8 Å². The van der Waals surface area contributed by atoms with E-state index in [1.165, 1.54) is 5.01 Å². The van der Waals surface area contributed by atoms with Gasteiger partial charge in [-0.05, 0) is 25.0 Å². The summed E-state index contributed by atoms with van der Waals surface area (Å²) in [7, 11) is 0. The molecule has 2 heterocycles. The van der Waals surface area contributed by atoms with Crippen molar-refractivity contribution in [3.8, 4) is 0 Å². The van der Waals surface area contributed by atoms with E-state index in [0.29, 0.717) is 11.1 Å². The maximum absolute atomic E-state index is 12.1. The molecule has 82 valence electrons. The topological polar surface area (TPSA) is 40.6 Å². The highest BCUT2D eigenvalue weighted by Crippen LogP contribution is 2.25. The fourth-order valence-corrected chi connectivity index (χ4v) is 2.33. The zero-order chi connectivity index (χ0) is 11.1. The van der Waals surface area contributed by atoms with E-state index in [0.717, 1.165) is 25.9 Å². The number of hydrogen-bond acceptors (Lipinski definition) is 3. The number of fused-ring (bicyclic) bond motifs is 1. The first-order valence-electron chi connectivity index (χ1n) is 5.52. The summed E-state index contributed by atoms with van der Waals surface area (Å²) in [6, 6.07) is 7.01. The molecule has 1 aromatic carbocycles. The van der Waals surface area contributed by atoms with Crippen molar-refractivity contribution in [2.45, 2.75) is 12.8 Å². The Morgan fingerprint density at radius 3 is 1.88 bits per heavy atom. The number of imide groups is 1. The molecular weight excluding hydrogens is 204 g/mol. The first-order chi connectivity index (χ1) is 7.79. The van der Waals surface area contributed by atoms with Gasteiger partial charge in [0.05, 0.1) is 11.1 Å². The van der Waals surface area contributed by atoms with Crippen LogP contribution in [0.2, 0.25) is 0 Å². The van der Waals surface area contributed by atoms with E-state index in [1.807, 2.05) is 5.01 Å². The molecule has 0 saturated carbocycles. The molecule has 0 aliphatic carbocycles. The smallest absolute Gasteiger partial charge is 0.267 e. The average molecular weight is 216 g/mol. The van der Waals surface area contributed by atoms with Crippen molar-refractivity contribution in [1.29, 1.82) is 0 Å². The Morgan fingerprint density at radius 1 is 0.875 bits per heavy atom. The lowest BCUT2D eigenvalue weighted by Gasteiger charge is -2.24. The van der Waals surface area contributed by atoms with E-state index in [1.54, 1.807) is 24.3 Å². The Bertz CT molecular complexity index is 429. The molecule has 2 aliphatic rings. The molecular formula is C12H12N2O2. The number of amides is 2. The lowest BCUT2D eigenvalue weighted by molar-refractivity contribution is 0.0123. The fraction of sp³-hybridized carbons (Fsp3) is 0.333. The molecule has 1 fully saturated rings. The van der Waals surface area contributed by atoms with Crippen molar-refractivity contribution in [3.05, 3.63) is 35.4 Å². The summed E-state index contributed by atoms with van der Waals surface area (Å²) in [5.74, 6) is -0.356. The number of carbonyl (C=O) groups excluding carboxylic acids is 2. The van der Waals surface area contributed by atoms with Crippen LogP contribution in [0.4, 0.5) is 0 Å². The molecule has 0 N–H and O–H groups in total. The van der Waals surface area contributed by atoms with Crippen LogP contribution in [0.25, 0.3) is 0 Å². The van der Waals surface area contributed by atoms with Crippen LogP contribution >= 0.6 is 0 Å². The monoisotopic (exact) mass is 216 g/mol. The van der Waals surface area contributed by atoms with E-state index < -0.39 is 0 Å². The maximum atomic E-state index is 12.1. The van der Waals surface area contributed by atoms with Crippen molar-refractivity contribution in [1.82, 2.24) is 10.0 Å². The molecule has 0 unspecified atom stereocenters. The van der Waals surface area contributed by atoms with Gasteiger partial charge >= 0.3 is 0 Å². The Hall–Kier alpha value is -1.68. The Kier molecular flexibility index (Phi) is 2.04. The molecule has 2 amide bonds. The number of hydrazine groups is 1. The van der Waals surface area contributed by atoms with Gasteiger partial charge < -0.3 is 0 Å². The van der Waals surface area contributed by atoms with Crippen molar-refractivity contribution < 1.29 is 9.59 Å². The summed E-state index contributed by atoms with van der Waals surface area (Å²) in [6.45, 7) is 1.59. The van der Waals surface area contributed by atoms with Crippen LogP contribution < -0.4 is 0 Å². The predicted molar refractivity (Wildman–Crippen MR) is 57.7 cm³/mol. The van der Waals surface area contributed by atoms with Crippen molar-refractivity contribution in [2.75, 3.05) is 13.1 Å². The Labute approximate surface area is 93.4 Å². The lowest BCUT2D eigenvalue weighted by atomic mass is 10.1. The average Bonchev–Trinajstić information content (AvgIpc) is 2.89. The van der Waals surface area contributed by atoms with Gasteiger partial charge in [0.2, 0.25) is 0 Å². The zero-order valence-electron chi connectivity index (χ0n) is 8.85. The second-order valence-electron chi connectivity index (χ2n) is 4.13. The van der Waals surface area contributed by atoms with E-state index in [4.69, 9.17) is 0 Å². The highest BCUT2D eigenvalue weighted by Gasteiger charge is 2.39. The van der Waals surface area contributed by atoms with Crippen LogP contribution in [0.1, 0.15) is 33.6 Å². The molecule has 0 aromatic heterocycles. The van der Waals surface area contributed by atoms with Crippen molar-refractivity contribution in [3.63, 3.8) is 0 Å². The standard InChI is InChI=1S/C12H12N2O2/c15-11-9-5-1-2-6-10(9)12(16)14(11)13-7-3-4-8-13/h1-2,5-6H,3-4,7-8H2. The number of benzene rings is 1. The zero-order valence-corrected chi connectivity index (χ0v) is 8.85. The Balaban J connectivity index is 2.00. The molecule has 1 aromatic rings. The summed E-state index contributed by atoms with van der Waals surface area (Å²) in [5.41, 5.74) is 1.05. The minimum absolute atomic E-state index is 0.178. The molecule has 4 nitrogen and oxygen atoms in total. The molecule has 4 heteroatoms. The van der Waals surface area contributed by atoms with Crippen LogP contribution in [-0.2, 0) is 0 Å². The molecule has 0 bridgehead atoms. The van der Waals surface area contributed by atoms with Gasteiger partial charge in [0.25, 0.3) is 11.8 Å². The van der Waals surface area contributed by atoms with Crippen LogP contribution in [0.15, 0.2) is 24.3 Å². The molecule has 2 aliphatic heterocycles. The fourth-order valence-electron chi connectivity index (χ4n) is 2.33.